The highest BCUT2D eigenvalue weighted by Crippen LogP contribution is 2.26. The van der Waals surface area contributed by atoms with E-state index in [-0.39, 0.29) is 0 Å². The van der Waals surface area contributed by atoms with Crippen molar-refractivity contribution in [2.24, 2.45) is 0 Å². The molecule has 2 aromatic carbocycles. The average Bonchev–Trinajstić information content (AvgIpc) is 3.03. The molecule has 0 saturated heterocycles. The fraction of sp³-hybridized carbons (Fsp3) is 0.350. The quantitative estimate of drug-likeness (QED) is 0.323. The maximum Gasteiger partial charge on any atom is 0.201 e. The molecule has 0 aliphatic carbocycles. The molecule has 0 amide bonds. The van der Waals surface area contributed by atoms with Crippen LogP contribution in [0.5, 0.6) is 5.75 Å². The zero-order valence-electron chi connectivity index (χ0n) is 15.2. The van der Waals surface area contributed by atoms with Crippen LogP contribution in [0.2, 0.25) is 0 Å². The van der Waals surface area contributed by atoms with Gasteiger partial charge in [-0.2, -0.15) is 0 Å². The molecule has 6 heteroatoms. The maximum atomic E-state index is 5.82. The Morgan fingerprint density at radius 2 is 2.04 bits per heavy atom. The molecular formula is C20H25IN4O. The van der Waals surface area contributed by atoms with Crippen molar-refractivity contribution < 1.29 is 4.74 Å². The van der Waals surface area contributed by atoms with E-state index < -0.39 is 0 Å². The van der Waals surface area contributed by atoms with Gasteiger partial charge in [-0.3, -0.25) is 0 Å². The molecule has 0 bridgehead atoms. The Kier molecular flexibility index (Phi) is 6.73. The minimum Gasteiger partial charge on any atom is -0.493 e. The molecule has 1 heterocycles. The topological polar surface area (TPSA) is 62.0 Å². The molecule has 0 fully saturated rings. The predicted octanol–water partition coefficient (Wildman–Crippen LogP) is 4.47. The number of H-pyrrole nitrogens is 1. The molecule has 138 valence electrons. The highest BCUT2D eigenvalue weighted by atomic mass is 127. The van der Waals surface area contributed by atoms with E-state index in [1.54, 1.807) is 0 Å². The fourth-order valence-corrected chi connectivity index (χ4v) is 3.80. The molecule has 1 aromatic heterocycles. The standard InChI is InChI=1S/C20H25IN4O/c1-3-26-19-14(2)11-16(21)12-15(19)13-22-9-6-10-23-20-24-17-7-4-5-8-18(17)25-20/h4-5,7-8,11-12,22H,3,6,9-10,13H2,1-2H3,(H2,23,24,25). The molecule has 0 aliphatic rings. The lowest BCUT2D eigenvalue weighted by Crippen LogP contribution is -2.18. The summed E-state index contributed by atoms with van der Waals surface area (Å²) in [5, 5.41) is 6.86. The first-order valence-corrected chi connectivity index (χ1v) is 10.1. The Bertz CT molecular complexity index is 829. The van der Waals surface area contributed by atoms with Crippen LogP contribution in [0.4, 0.5) is 5.95 Å². The third-order valence-corrected chi connectivity index (χ3v) is 4.76. The van der Waals surface area contributed by atoms with Crippen LogP contribution in [0.3, 0.4) is 0 Å². The summed E-state index contributed by atoms with van der Waals surface area (Å²) in [7, 11) is 0. The number of aromatic nitrogens is 2. The van der Waals surface area contributed by atoms with Crippen LogP contribution in [0.1, 0.15) is 24.5 Å². The summed E-state index contributed by atoms with van der Waals surface area (Å²) < 4.78 is 7.06. The smallest absolute Gasteiger partial charge is 0.201 e. The molecule has 0 atom stereocenters. The van der Waals surface area contributed by atoms with Crippen molar-refractivity contribution in [1.82, 2.24) is 15.3 Å². The van der Waals surface area contributed by atoms with Crippen molar-refractivity contribution in [2.45, 2.75) is 26.8 Å². The average molecular weight is 464 g/mol. The van der Waals surface area contributed by atoms with Crippen LogP contribution in [0, 0.1) is 10.5 Å². The number of rotatable bonds is 9. The van der Waals surface area contributed by atoms with Crippen LogP contribution in [-0.4, -0.2) is 29.7 Å². The minimum atomic E-state index is 0.690. The van der Waals surface area contributed by atoms with Crippen molar-refractivity contribution in [3.8, 4) is 5.75 Å². The largest absolute Gasteiger partial charge is 0.493 e. The number of nitrogens with zero attached hydrogens (tertiary/aromatic N) is 1. The number of imidazole rings is 1. The Morgan fingerprint density at radius 3 is 2.85 bits per heavy atom. The van der Waals surface area contributed by atoms with Crippen molar-refractivity contribution in [1.29, 1.82) is 0 Å². The van der Waals surface area contributed by atoms with Crippen LogP contribution in [-0.2, 0) is 6.54 Å². The number of benzene rings is 2. The van der Waals surface area contributed by atoms with Gasteiger partial charge in [-0.25, -0.2) is 4.98 Å². The van der Waals surface area contributed by atoms with Gasteiger partial charge in [0, 0.05) is 22.2 Å². The van der Waals surface area contributed by atoms with Gasteiger partial charge >= 0.3 is 0 Å². The maximum absolute atomic E-state index is 5.82. The van der Waals surface area contributed by atoms with Crippen molar-refractivity contribution >= 4 is 39.6 Å². The number of aryl methyl sites for hydroxylation is 1. The summed E-state index contributed by atoms with van der Waals surface area (Å²) in [5.74, 6) is 1.85. The van der Waals surface area contributed by atoms with Crippen LogP contribution in [0.15, 0.2) is 36.4 Å². The summed E-state index contributed by atoms with van der Waals surface area (Å²) in [5.41, 5.74) is 4.47. The molecule has 3 aromatic rings. The van der Waals surface area contributed by atoms with Crippen molar-refractivity contribution in [3.05, 3.63) is 51.1 Å². The molecule has 5 nitrogen and oxygen atoms in total. The van der Waals surface area contributed by atoms with E-state index in [2.05, 4.69) is 62.2 Å². The van der Waals surface area contributed by atoms with E-state index in [1.165, 1.54) is 14.7 Å². The summed E-state index contributed by atoms with van der Waals surface area (Å²) in [6.45, 7) is 7.44. The number of ether oxygens (including phenoxy) is 1. The first kappa shape index (κ1) is 19.0. The molecule has 0 aliphatic heterocycles. The molecule has 0 saturated carbocycles. The van der Waals surface area contributed by atoms with Crippen LogP contribution < -0.4 is 15.4 Å². The van der Waals surface area contributed by atoms with Crippen molar-refractivity contribution in [3.63, 3.8) is 0 Å². The Labute approximate surface area is 168 Å². The summed E-state index contributed by atoms with van der Waals surface area (Å²) in [4.78, 5) is 7.81. The lowest BCUT2D eigenvalue weighted by molar-refractivity contribution is 0.333. The number of hydrogen-bond donors (Lipinski definition) is 3. The van der Waals surface area contributed by atoms with Gasteiger partial charge in [-0.05, 0) is 79.2 Å². The predicted molar refractivity (Wildman–Crippen MR) is 116 cm³/mol. The number of para-hydroxylation sites is 2. The zero-order valence-corrected chi connectivity index (χ0v) is 17.4. The highest BCUT2D eigenvalue weighted by Gasteiger charge is 2.08. The number of halogens is 1. The minimum absolute atomic E-state index is 0.690. The first-order chi connectivity index (χ1) is 12.7. The monoisotopic (exact) mass is 464 g/mol. The summed E-state index contributed by atoms with van der Waals surface area (Å²) in [6.07, 6.45) is 1.02. The van der Waals surface area contributed by atoms with Gasteiger partial charge in [-0.15, -0.1) is 0 Å². The van der Waals surface area contributed by atoms with Gasteiger partial charge < -0.3 is 20.4 Å². The molecule has 3 rings (SSSR count). The second-order valence-corrected chi connectivity index (χ2v) is 7.45. The van der Waals surface area contributed by atoms with E-state index in [9.17, 15) is 0 Å². The molecular weight excluding hydrogens is 439 g/mol. The number of hydrogen-bond acceptors (Lipinski definition) is 4. The zero-order chi connectivity index (χ0) is 18.4. The van der Waals surface area contributed by atoms with Crippen LogP contribution in [0.25, 0.3) is 11.0 Å². The molecule has 0 spiro atoms. The molecule has 0 unspecified atom stereocenters. The lowest BCUT2D eigenvalue weighted by atomic mass is 10.1. The number of nitrogens with one attached hydrogen (secondary N) is 3. The van der Waals surface area contributed by atoms with Gasteiger partial charge in [0.15, 0.2) is 0 Å². The number of anilines is 1. The second kappa shape index (κ2) is 9.23. The Morgan fingerprint density at radius 1 is 1.19 bits per heavy atom. The SMILES string of the molecule is CCOc1c(C)cc(I)cc1CNCCCNc1nc2ccccc2[nH]1. The van der Waals surface area contributed by atoms with Gasteiger partial charge in [0.25, 0.3) is 0 Å². The lowest BCUT2D eigenvalue weighted by Gasteiger charge is -2.14. The van der Waals surface area contributed by atoms with E-state index in [0.717, 1.165) is 48.8 Å². The van der Waals surface area contributed by atoms with Crippen LogP contribution >= 0.6 is 22.6 Å². The van der Waals surface area contributed by atoms with E-state index in [4.69, 9.17) is 4.74 Å². The first-order valence-electron chi connectivity index (χ1n) is 8.98. The van der Waals surface area contributed by atoms with E-state index in [1.807, 2.05) is 31.2 Å². The Balaban J connectivity index is 1.44. The number of aromatic amines is 1. The van der Waals surface area contributed by atoms with Gasteiger partial charge in [0.05, 0.1) is 17.6 Å². The third kappa shape index (κ3) is 4.88. The fourth-order valence-electron chi connectivity index (χ4n) is 2.96. The van der Waals surface area contributed by atoms with E-state index >= 15 is 0 Å². The molecule has 0 radical (unpaired) electrons. The normalized spacial score (nSPS) is 11.0. The summed E-state index contributed by atoms with van der Waals surface area (Å²) in [6, 6.07) is 12.4. The molecule has 3 N–H and O–H groups in total. The van der Waals surface area contributed by atoms with Crippen molar-refractivity contribution in [2.75, 3.05) is 25.0 Å². The second-order valence-electron chi connectivity index (χ2n) is 6.20. The van der Waals surface area contributed by atoms with E-state index in [0.29, 0.717) is 6.61 Å². The summed E-state index contributed by atoms with van der Waals surface area (Å²) >= 11 is 2.36. The third-order valence-electron chi connectivity index (χ3n) is 4.13. The number of fused-ring (bicyclic) bond motifs is 1. The van der Waals surface area contributed by atoms with Gasteiger partial charge in [-0.1, -0.05) is 12.1 Å². The Hall–Kier alpha value is -1.80. The highest BCUT2D eigenvalue weighted by molar-refractivity contribution is 14.1. The molecule has 26 heavy (non-hydrogen) atoms. The van der Waals surface area contributed by atoms with Gasteiger partial charge in [0.1, 0.15) is 5.75 Å². The van der Waals surface area contributed by atoms with Gasteiger partial charge in [0.2, 0.25) is 5.95 Å².